The number of ether oxygens (including phenoxy) is 2. The van der Waals surface area contributed by atoms with E-state index in [1.807, 2.05) is 29.2 Å². The smallest absolute Gasteiger partial charge is 0.261 e. The molecule has 2 aromatic carbocycles. The van der Waals surface area contributed by atoms with E-state index in [9.17, 15) is 9.59 Å². The number of nitrogens with one attached hydrogen (secondary N) is 1. The van der Waals surface area contributed by atoms with E-state index in [4.69, 9.17) is 9.47 Å². The Morgan fingerprint density at radius 3 is 2.71 bits per heavy atom. The first-order valence-corrected chi connectivity index (χ1v) is 8.97. The van der Waals surface area contributed by atoms with Crippen molar-refractivity contribution in [1.29, 1.82) is 0 Å². The molecule has 28 heavy (non-hydrogen) atoms. The predicted molar refractivity (Wildman–Crippen MR) is 110 cm³/mol. The first-order valence-electron chi connectivity index (χ1n) is 8.97. The maximum Gasteiger partial charge on any atom is 0.261 e. The van der Waals surface area contributed by atoms with Crippen molar-refractivity contribution in [2.75, 3.05) is 33.4 Å². The highest BCUT2D eigenvalue weighted by atomic mass is 35.5. The molecule has 150 valence electrons. The second-order valence-electron chi connectivity index (χ2n) is 6.42. The van der Waals surface area contributed by atoms with Crippen molar-refractivity contribution >= 4 is 24.1 Å². The maximum atomic E-state index is 12.8. The van der Waals surface area contributed by atoms with Crippen LogP contribution in [0.3, 0.4) is 0 Å². The molecule has 0 aliphatic carbocycles. The Labute approximate surface area is 171 Å². The van der Waals surface area contributed by atoms with E-state index in [0.717, 1.165) is 17.9 Å². The maximum absolute atomic E-state index is 12.8. The van der Waals surface area contributed by atoms with Gasteiger partial charge in [-0.2, -0.15) is 0 Å². The van der Waals surface area contributed by atoms with E-state index >= 15 is 0 Å². The van der Waals surface area contributed by atoms with E-state index in [1.165, 1.54) is 6.92 Å². The molecular weight excluding hydrogens is 380 g/mol. The Kier molecular flexibility index (Phi) is 7.84. The van der Waals surface area contributed by atoms with Gasteiger partial charge >= 0.3 is 0 Å². The van der Waals surface area contributed by atoms with E-state index in [0.29, 0.717) is 24.4 Å². The van der Waals surface area contributed by atoms with Crippen LogP contribution in [0.2, 0.25) is 0 Å². The zero-order valence-electron chi connectivity index (χ0n) is 16.0. The van der Waals surface area contributed by atoms with Crippen LogP contribution in [0.1, 0.15) is 28.9 Å². The Bertz CT molecular complexity index is 828. The first-order chi connectivity index (χ1) is 13.1. The molecule has 0 saturated carbocycles. The number of para-hydroxylation sites is 1. The fraction of sp³-hybridized carbons (Fsp3) is 0.333. The summed E-state index contributed by atoms with van der Waals surface area (Å²) in [5.74, 6) is 1.14. The summed E-state index contributed by atoms with van der Waals surface area (Å²) in [5.41, 5.74) is 1.54. The summed E-state index contributed by atoms with van der Waals surface area (Å²) in [6.45, 7) is 3.41. The fourth-order valence-electron chi connectivity index (χ4n) is 3.26. The number of carbonyl (C=O) groups is 2. The van der Waals surface area contributed by atoms with E-state index in [2.05, 4.69) is 5.32 Å². The highest BCUT2D eigenvalue weighted by Gasteiger charge is 2.29. The lowest BCUT2D eigenvalue weighted by atomic mass is 10.0. The third-order valence-corrected chi connectivity index (χ3v) is 4.66. The molecule has 1 heterocycles. The van der Waals surface area contributed by atoms with Crippen LogP contribution in [0.4, 0.5) is 0 Å². The number of benzene rings is 2. The van der Waals surface area contributed by atoms with Crippen molar-refractivity contribution in [3.8, 4) is 11.5 Å². The van der Waals surface area contributed by atoms with Gasteiger partial charge in [-0.25, -0.2) is 0 Å². The number of piperazine rings is 1. The van der Waals surface area contributed by atoms with Crippen LogP contribution in [0, 0.1) is 0 Å². The van der Waals surface area contributed by atoms with Gasteiger partial charge in [-0.1, -0.05) is 30.3 Å². The normalized spacial score (nSPS) is 16.1. The van der Waals surface area contributed by atoms with Crippen LogP contribution in [-0.4, -0.2) is 49.9 Å². The van der Waals surface area contributed by atoms with Gasteiger partial charge in [-0.05, 0) is 25.1 Å². The second kappa shape index (κ2) is 10.1. The quantitative estimate of drug-likeness (QED) is 0.750. The van der Waals surface area contributed by atoms with Crippen molar-refractivity contribution in [2.24, 2.45) is 0 Å². The molecule has 6 nitrogen and oxygen atoms in total. The number of amides is 1. The number of carbonyl (C=O) groups excluding carboxylic acids is 2. The topological polar surface area (TPSA) is 67.9 Å². The third kappa shape index (κ3) is 5.03. The second-order valence-corrected chi connectivity index (χ2v) is 6.42. The molecule has 0 bridgehead atoms. The highest BCUT2D eigenvalue weighted by molar-refractivity contribution is 5.94. The Balaban J connectivity index is 0.00000280. The lowest BCUT2D eigenvalue weighted by Crippen LogP contribution is -2.50. The Morgan fingerprint density at radius 2 is 1.96 bits per heavy atom. The van der Waals surface area contributed by atoms with Gasteiger partial charge in [0.2, 0.25) is 0 Å². The number of methoxy groups -OCH3 is 1. The Morgan fingerprint density at radius 1 is 1.18 bits per heavy atom. The number of ketones is 1. The van der Waals surface area contributed by atoms with Gasteiger partial charge in [0.25, 0.3) is 5.91 Å². The third-order valence-electron chi connectivity index (χ3n) is 4.66. The number of halogens is 1. The van der Waals surface area contributed by atoms with Crippen molar-refractivity contribution in [2.45, 2.75) is 13.0 Å². The average molecular weight is 405 g/mol. The molecule has 0 aromatic heterocycles. The molecule has 3 rings (SSSR count). The number of nitrogens with zero attached hydrogens (tertiary/aromatic N) is 1. The van der Waals surface area contributed by atoms with E-state index in [-0.39, 0.29) is 36.7 Å². The minimum atomic E-state index is -0.116. The first kappa shape index (κ1) is 21.7. The molecule has 1 aliphatic heterocycles. The summed E-state index contributed by atoms with van der Waals surface area (Å²) in [6.07, 6.45) is 0. The van der Waals surface area contributed by atoms with Crippen LogP contribution in [0.15, 0.2) is 48.5 Å². The molecule has 1 amide bonds. The lowest BCUT2D eigenvalue weighted by molar-refractivity contribution is -0.136. The summed E-state index contributed by atoms with van der Waals surface area (Å²) in [7, 11) is 1.63. The van der Waals surface area contributed by atoms with E-state index in [1.54, 1.807) is 31.4 Å². The van der Waals surface area contributed by atoms with Crippen molar-refractivity contribution in [3.63, 3.8) is 0 Å². The van der Waals surface area contributed by atoms with Gasteiger partial charge in [0.05, 0.1) is 13.2 Å². The van der Waals surface area contributed by atoms with Crippen LogP contribution < -0.4 is 14.8 Å². The van der Waals surface area contributed by atoms with Gasteiger partial charge in [-0.3, -0.25) is 9.59 Å². The summed E-state index contributed by atoms with van der Waals surface area (Å²) >= 11 is 0. The average Bonchev–Trinajstić information content (AvgIpc) is 2.72. The number of rotatable bonds is 6. The van der Waals surface area contributed by atoms with Crippen LogP contribution in [0.5, 0.6) is 11.5 Å². The summed E-state index contributed by atoms with van der Waals surface area (Å²) in [6, 6.07) is 14.5. The SMILES string of the molecule is COc1ccccc1C1CNCCN1C(=O)COc1cccc(C(C)=O)c1.Cl. The van der Waals surface area contributed by atoms with Gasteiger partial charge in [0, 0.05) is 30.8 Å². The molecule has 1 fully saturated rings. The standard InChI is InChI=1S/C21H24N2O4.ClH/c1-15(24)16-6-5-7-17(12-16)27-14-21(25)23-11-10-22-13-19(23)18-8-3-4-9-20(18)26-2;/h3-9,12,19,22H,10-11,13-14H2,1-2H3;1H. The summed E-state index contributed by atoms with van der Waals surface area (Å²) in [4.78, 5) is 26.2. The molecule has 7 heteroatoms. The van der Waals surface area contributed by atoms with Gasteiger partial charge < -0.3 is 19.7 Å². The molecular formula is C21H25ClN2O4. The zero-order chi connectivity index (χ0) is 19.2. The summed E-state index contributed by atoms with van der Waals surface area (Å²) < 4.78 is 11.1. The minimum Gasteiger partial charge on any atom is -0.496 e. The van der Waals surface area contributed by atoms with E-state index < -0.39 is 0 Å². The molecule has 1 aliphatic rings. The largest absolute Gasteiger partial charge is 0.496 e. The molecule has 1 N–H and O–H groups in total. The summed E-state index contributed by atoms with van der Waals surface area (Å²) in [5, 5.41) is 3.34. The molecule has 0 radical (unpaired) electrons. The van der Waals surface area contributed by atoms with Crippen LogP contribution >= 0.6 is 12.4 Å². The van der Waals surface area contributed by atoms with Crippen molar-refractivity contribution < 1.29 is 19.1 Å². The molecule has 2 aromatic rings. The van der Waals surface area contributed by atoms with Crippen LogP contribution in [-0.2, 0) is 4.79 Å². The molecule has 1 unspecified atom stereocenters. The molecule has 1 saturated heterocycles. The number of hydrogen-bond donors (Lipinski definition) is 1. The minimum absolute atomic E-state index is 0. The Hall–Kier alpha value is -2.57. The monoisotopic (exact) mass is 404 g/mol. The van der Waals surface area contributed by atoms with Gasteiger partial charge in [0.15, 0.2) is 12.4 Å². The van der Waals surface area contributed by atoms with Crippen molar-refractivity contribution in [3.05, 3.63) is 59.7 Å². The lowest BCUT2D eigenvalue weighted by Gasteiger charge is -2.37. The van der Waals surface area contributed by atoms with Gasteiger partial charge in [-0.15, -0.1) is 12.4 Å². The number of hydrogen-bond acceptors (Lipinski definition) is 5. The molecule has 0 spiro atoms. The predicted octanol–water partition coefficient (Wildman–Crippen LogP) is 2.87. The number of Topliss-reactive ketones (excluding diaryl/α,β-unsaturated/α-hetero) is 1. The van der Waals surface area contributed by atoms with Crippen molar-refractivity contribution in [1.82, 2.24) is 10.2 Å². The highest BCUT2D eigenvalue weighted by Crippen LogP contribution is 2.30. The van der Waals surface area contributed by atoms with Gasteiger partial charge in [0.1, 0.15) is 11.5 Å². The fourth-order valence-corrected chi connectivity index (χ4v) is 3.26. The molecule has 1 atom stereocenters. The van der Waals surface area contributed by atoms with Crippen LogP contribution in [0.25, 0.3) is 0 Å². The zero-order valence-corrected chi connectivity index (χ0v) is 16.8.